The van der Waals surface area contributed by atoms with Crippen molar-refractivity contribution in [3.05, 3.63) is 12.2 Å². The summed E-state index contributed by atoms with van der Waals surface area (Å²) in [4.78, 5) is 78.0. The number of thioether (sulfide) groups is 2. The first-order valence-electron chi connectivity index (χ1n) is 9.67. The number of thiocarbonyl (C=S) groups is 2. The topological polar surface area (TPSA) is 115 Å². The summed E-state index contributed by atoms with van der Waals surface area (Å²) in [5.74, 6) is -8.20. The molecule has 14 heteroatoms. The van der Waals surface area contributed by atoms with E-state index >= 15 is 0 Å². The average molecular weight is 509 g/mol. The molecule has 7 rings (SSSR count). The molecule has 3 aliphatic carbocycles. The molecule has 10 nitrogen and oxygen atoms in total. The Hall–Kier alpha value is -2.16. The third-order valence-electron chi connectivity index (χ3n) is 6.82. The van der Waals surface area contributed by atoms with Gasteiger partial charge in [0.1, 0.15) is 0 Å². The lowest BCUT2D eigenvalue weighted by atomic mass is 9.54. The van der Waals surface area contributed by atoms with E-state index in [4.69, 9.17) is 24.4 Å². The summed E-state index contributed by atoms with van der Waals surface area (Å²) >= 11 is 12.4. The number of hydrazine groups is 2. The third-order valence-corrected chi connectivity index (χ3v) is 9.50. The lowest BCUT2D eigenvalue weighted by Gasteiger charge is -2.44. The SMILES string of the molecule is O=C1CSC(=S)N1N1C(=O)[C@@H]2C3C=CC([C@H]2C1=O)[C@@H]1C(=O)N(N2C(=O)CSC2=S)C(=O)[C@H]31. The maximum atomic E-state index is 13.3. The maximum Gasteiger partial charge on any atom is 0.258 e. The zero-order valence-corrected chi connectivity index (χ0v) is 19.2. The zero-order valence-electron chi connectivity index (χ0n) is 15.9. The summed E-state index contributed by atoms with van der Waals surface area (Å²) in [7, 11) is 0. The summed E-state index contributed by atoms with van der Waals surface area (Å²) in [6.45, 7) is 0. The van der Waals surface area contributed by atoms with Crippen molar-refractivity contribution in [1.82, 2.24) is 20.0 Å². The van der Waals surface area contributed by atoms with Crippen molar-refractivity contribution in [2.45, 2.75) is 0 Å². The van der Waals surface area contributed by atoms with E-state index in [2.05, 4.69) is 0 Å². The van der Waals surface area contributed by atoms with E-state index in [9.17, 15) is 28.8 Å². The molecule has 32 heavy (non-hydrogen) atoms. The van der Waals surface area contributed by atoms with Crippen molar-refractivity contribution in [3.8, 4) is 0 Å². The van der Waals surface area contributed by atoms with Gasteiger partial charge < -0.3 is 0 Å². The highest BCUT2D eigenvalue weighted by Gasteiger charge is 2.70. The smallest absolute Gasteiger partial charge is 0.258 e. The number of carbonyl (C=O) groups excluding carboxylic acids is 6. The molecular weight excluding hydrogens is 496 g/mol. The Morgan fingerprint density at radius 3 is 1.16 bits per heavy atom. The highest BCUT2D eigenvalue weighted by molar-refractivity contribution is 8.24. The maximum absolute atomic E-state index is 13.3. The van der Waals surface area contributed by atoms with Crippen LogP contribution in [0.1, 0.15) is 0 Å². The number of nitrogens with zero attached hydrogens (tertiary/aromatic N) is 4. The monoisotopic (exact) mass is 508 g/mol. The molecule has 0 radical (unpaired) electrons. The summed E-state index contributed by atoms with van der Waals surface area (Å²) < 4.78 is 0.237. The van der Waals surface area contributed by atoms with Gasteiger partial charge in [0.05, 0.1) is 35.2 Å². The van der Waals surface area contributed by atoms with Gasteiger partial charge in [0.2, 0.25) is 0 Å². The molecule has 0 aromatic carbocycles. The number of hydrogen-bond acceptors (Lipinski definition) is 10. The Labute approximate surface area is 199 Å². The number of imide groups is 2. The van der Waals surface area contributed by atoms with Crippen molar-refractivity contribution in [2.24, 2.45) is 35.5 Å². The quantitative estimate of drug-likeness (QED) is 0.276. The van der Waals surface area contributed by atoms with Gasteiger partial charge in [0, 0.05) is 11.8 Å². The molecule has 164 valence electrons. The van der Waals surface area contributed by atoms with Crippen molar-refractivity contribution in [3.63, 3.8) is 0 Å². The number of rotatable bonds is 2. The third kappa shape index (κ3) is 2.33. The number of allylic oxidation sites excluding steroid dienone is 2. The second kappa shape index (κ2) is 6.68. The van der Waals surface area contributed by atoms with Gasteiger partial charge in [-0.3, -0.25) is 28.8 Å². The fourth-order valence-corrected chi connectivity index (χ4v) is 7.74. The second-order valence-corrected chi connectivity index (χ2v) is 11.4. The van der Waals surface area contributed by atoms with E-state index in [0.717, 1.165) is 43.6 Å². The molecule has 0 aromatic rings. The fourth-order valence-electron chi connectivity index (χ4n) is 5.67. The van der Waals surface area contributed by atoms with E-state index in [1.54, 1.807) is 12.2 Å². The first-order chi connectivity index (χ1) is 15.2. The summed E-state index contributed by atoms with van der Waals surface area (Å²) in [6.07, 6.45) is 3.40. The van der Waals surface area contributed by atoms with Crippen LogP contribution in [0.3, 0.4) is 0 Å². The van der Waals surface area contributed by atoms with E-state index in [1.165, 1.54) is 0 Å². The van der Waals surface area contributed by atoms with Crippen molar-refractivity contribution in [2.75, 3.05) is 11.5 Å². The van der Waals surface area contributed by atoms with Crippen LogP contribution < -0.4 is 0 Å². The highest BCUT2D eigenvalue weighted by atomic mass is 32.2. The van der Waals surface area contributed by atoms with Crippen LogP contribution >= 0.6 is 48.0 Å². The van der Waals surface area contributed by atoms with Gasteiger partial charge in [0.25, 0.3) is 35.4 Å². The van der Waals surface area contributed by atoms with Crippen LogP contribution in [0.15, 0.2) is 12.2 Å². The molecule has 4 saturated heterocycles. The van der Waals surface area contributed by atoms with Gasteiger partial charge >= 0.3 is 0 Å². The molecule has 7 aliphatic rings. The van der Waals surface area contributed by atoms with Crippen LogP contribution in [0.25, 0.3) is 0 Å². The molecular formula is C18H12N4O6S4. The van der Waals surface area contributed by atoms with Crippen LogP contribution in [0, 0.1) is 35.5 Å². The minimum atomic E-state index is -0.882. The highest BCUT2D eigenvalue weighted by Crippen LogP contribution is 2.58. The van der Waals surface area contributed by atoms with E-state index < -0.39 is 71.0 Å². The lowest BCUT2D eigenvalue weighted by Crippen LogP contribution is -2.50. The fraction of sp³-hybridized carbons (Fsp3) is 0.444. The van der Waals surface area contributed by atoms with Crippen LogP contribution in [0.2, 0.25) is 0 Å². The summed E-state index contributed by atoms with van der Waals surface area (Å²) in [5.41, 5.74) is 0. The van der Waals surface area contributed by atoms with Crippen molar-refractivity contribution >= 4 is 92.0 Å². The van der Waals surface area contributed by atoms with Gasteiger partial charge in [-0.1, -0.05) is 60.1 Å². The standard InChI is InChI=1S/C18H12N4O6S4/c23-7-3-31-17(29)19(7)21-13(25)9-5-1-2-6(11(9)15(21)27)12-10(5)14(26)22(16(12)28)20-8(24)4-32-18(20)30/h1-2,5-6,9-12H,3-4H2/t5?,6?,9-,10-,11-,12+/m1/s1. The summed E-state index contributed by atoms with van der Waals surface area (Å²) in [5, 5.41) is 3.48. The molecule has 2 unspecified atom stereocenters. The predicted molar refractivity (Wildman–Crippen MR) is 118 cm³/mol. The van der Waals surface area contributed by atoms with E-state index in [1.807, 2.05) is 0 Å². The van der Waals surface area contributed by atoms with Crippen molar-refractivity contribution < 1.29 is 28.8 Å². The molecule has 6 amide bonds. The van der Waals surface area contributed by atoms with Crippen LogP contribution in [-0.4, -0.2) is 75.6 Å². The number of hydrogen-bond donors (Lipinski definition) is 0. The molecule has 0 spiro atoms. The number of amides is 6. The van der Waals surface area contributed by atoms with Crippen LogP contribution in [0.4, 0.5) is 0 Å². The Morgan fingerprint density at radius 1 is 0.594 bits per heavy atom. The van der Waals surface area contributed by atoms with Crippen LogP contribution in [0.5, 0.6) is 0 Å². The number of carbonyl (C=O) groups is 6. The lowest BCUT2D eigenvalue weighted by molar-refractivity contribution is -0.160. The molecule has 6 atom stereocenters. The van der Waals surface area contributed by atoms with E-state index in [0.29, 0.717) is 0 Å². The Morgan fingerprint density at radius 2 is 0.906 bits per heavy atom. The molecule has 0 N–H and O–H groups in total. The first-order valence-corrected chi connectivity index (χ1v) is 12.5. The minimum Gasteiger partial charge on any atom is -0.272 e. The molecule has 5 fully saturated rings. The normalized spacial score (nSPS) is 38.2. The van der Waals surface area contributed by atoms with Gasteiger partial charge in [-0.2, -0.15) is 20.0 Å². The van der Waals surface area contributed by atoms with Gasteiger partial charge in [-0.15, -0.1) is 0 Å². The van der Waals surface area contributed by atoms with E-state index in [-0.39, 0.29) is 20.1 Å². The molecule has 0 aromatic heterocycles. The molecule has 4 aliphatic heterocycles. The van der Waals surface area contributed by atoms with Crippen molar-refractivity contribution in [1.29, 1.82) is 0 Å². The second-order valence-electron chi connectivity index (χ2n) is 8.14. The predicted octanol–water partition coefficient (Wildman–Crippen LogP) is -0.445. The first kappa shape index (κ1) is 20.4. The Kier molecular flexibility index (Phi) is 4.27. The largest absolute Gasteiger partial charge is 0.272 e. The Balaban J connectivity index is 1.39. The van der Waals surface area contributed by atoms with Crippen LogP contribution in [-0.2, 0) is 28.8 Å². The van der Waals surface area contributed by atoms with Gasteiger partial charge in [0.15, 0.2) is 8.64 Å². The summed E-state index contributed by atoms with van der Waals surface area (Å²) in [6, 6.07) is 0. The molecule has 2 bridgehead atoms. The van der Waals surface area contributed by atoms with Gasteiger partial charge in [-0.25, -0.2) is 0 Å². The van der Waals surface area contributed by atoms with Gasteiger partial charge in [-0.05, 0) is 0 Å². The molecule has 4 heterocycles. The minimum absolute atomic E-state index is 0.0370. The zero-order chi connectivity index (χ0) is 22.6. The Bertz CT molecular complexity index is 977. The average Bonchev–Trinajstić information content (AvgIpc) is 3.44. The molecule has 1 saturated carbocycles.